The number of nitrogens with one attached hydrogen (secondary N) is 2. The number of halogens is 1. The summed E-state index contributed by atoms with van der Waals surface area (Å²) < 4.78 is 2.66. The van der Waals surface area contributed by atoms with Crippen molar-refractivity contribution in [3.8, 4) is 5.95 Å². The van der Waals surface area contributed by atoms with Crippen LogP contribution in [0.15, 0.2) is 70.2 Å². The van der Waals surface area contributed by atoms with Gasteiger partial charge in [-0.3, -0.25) is 0 Å². The molecule has 9 heteroatoms. The van der Waals surface area contributed by atoms with Crippen LogP contribution in [-0.4, -0.2) is 30.9 Å². The molecular weight excluding hydrogens is 444 g/mol. The molecule has 0 aliphatic rings. The van der Waals surface area contributed by atoms with Crippen LogP contribution < -0.4 is 10.7 Å². The van der Waals surface area contributed by atoms with E-state index in [4.69, 9.17) is 0 Å². The summed E-state index contributed by atoms with van der Waals surface area (Å²) in [6.45, 7) is 3.88. The molecule has 0 spiro atoms. The lowest BCUT2D eigenvalue weighted by molar-refractivity contribution is 0.767. The number of hydrazone groups is 1. The molecule has 0 unspecified atom stereocenters. The summed E-state index contributed by atoms with van der Waals surface area (Å²) in [7, 11) is 0. The van der Waals surface area contributed by atoms with E-state index in [0.29, 0.717) is 17.8 Å². The van der Waals surface area contributed by atoms with Crippen molar-refractivity contribution in [2.75, 3.05) is 10.7 Å². The molecule has 4 rings (SSSR count). The second-order valence-corrected chi connectivity index (χ2v) is 7.45. The van der Waals surface area contributed by atoms with E-state index < -0.39 is 0 Å². The van der Waals surface area contributed by atoms with Gasteiger partial charge in [0.2, 0.25) is 11.9 Å². The molecular formula is C21H19BrN8. The summed E-state index contributed by atoms with van der Waals surface area (Å²) in [5.74, 6) is 1.09. The van der Waals surface area contributed by atoms with Crippen LogP contribution in [0.25, 0.3) is 5.95 Å². The zero-order valence-electron chi connectivity index (χ0n) is 16.4. The standard InChI is InChI=1S/C21H19BrN8/c1-14-11-15(2)30(29-14)21-26-19(24-18-9-4-3-5-10-18)25-20(27-21)28-23-13-16-7-6-8-17(22)12-16/h3-13H,1-2H3,(H2,24,25,26,27,28)/b23-13-. The largest absolute Gasteiger partial charge is 0.324 e. The predicted octanol–water partition coefficient (Wildman–Crippen LogP) is 4.63. The molecule has 0 fully saturated rings. The quantitative estimate of drug-likeness (QED) is 0.320. The minimum absolute atomic E-state index is 0.303. The Morgan fingerprint density at radius 3 is 2.47 bits per heavy atom. The lowest BCUT2D eigenvalue weighted by atomic mass is 10.2. The summed E-state index contributed by atoms with van der Waals surface area (Å²) in [5.41, 5.74) is 6.50. The molecule has 0 aliphatic heterocycles. The van der Waals surface area contributed by atoms with E-state index in [0.717, 1.165) is 27.1 Å². The fourth-order valence-electron chi connectivity index (χ4n) is 2.80. The first-order chi connectivity index (χ1) is 14.6. The van der Waals surface area contributed by atoms with Gasteiger partial charge in [0.05, 0.1) is 11.9 Å². The number of aromatic nitrogens is 5. The Morgan fingerprint density at radius 2 is 1.73 bits per heavy atom. The molecule has 2 N–H and O–H groups in total. The monoisotopic (exact) mass is 462 g/mol. The predicted molar refractivity (Wildman–Crippen MR) is 122 cm³/mol. The molecule has 150 valence electrons. The molecule has 8 nitrogen and oxygen atoms in total. The Balaban J connectivity index is 1.65. The number of hydrogen-bond donors (Lipinski definition) is 2. The second kappa shape index (κ2) is 8.83. The summed E-state index contributed by atoms with van der Waals surface area (Å²) in [5, 5.41) is 11.9. The van der Waals surface area contributed by atoms with Crippen molar-refractivity contribution in [1.29, 1.82) is 0 Å². The molecule has 0 bridgehead atoms. The van der Waals surface area contributed by atoms with Crippen LogP contribution >= 0.6 is 15.9 Å². The van der Waals surface area contributed by atoms with E-state index in [9.17, 15) is 0 Å². The Morgan fingerprint density at radius 1 is 0.933 bits per heavy atom. The number of nitrogens with zero attached hydrogens (tertiary/aromatic N) is 6. The molecule has 0 aliphatic carbocycles. The average Bonchev–Trinajstić information content (AvgIpc) is 3.07. The third-order valence-electron chi connectivity index (χ3n) is 4.08. The molecule has 0 saturated heterocycles. The highest BCUT2D eigenvalue weighted by Crippen LogP contribution is 2.16. The van der Waals surface area contributed by atoms with Gasteiger partial charge in [-0.05, 0) is 49.7 Å². The molecule has 2 aromatic heterocycles. The SMILES string of the molecule is Cc1cc(C)n(-c2nc(N/N=C\c3cccc(Br)c3)nc(Nc3ccccc3)n2)n1. The van der Waals surface area contributed by atoms with E-state index in [1.807, 2.05) is 74.5 Å². The normalized spacial score (nSPS) is 11.0. The summed E-state index contributed by atoms with van der Waals surface area (Å²) in [4.78, 5) is 13.4. The van der Waals surface area contributed by atoms with Gasteiger partial charge in [0.15, 0.2) is 0 Å². The van der Waals surface area contributed by atoms with Crippen molar-refractivity contribution in [3.63, 3.8) is 0 Å². The van der Waals surface area contributed by atoms with E-state index in [2.05, 4.69) is 51.8 Å². The van der Waals surface area contributed by atoms with Gasteiger partial charge in [0.1, 0.15) is 0 Å². The number of benzene rings is 2. The van der Waals surface area contributed by atoms with E-state index in [1.54, 1.807) is 10.9 Å². The van der Waals surface area contributed by atoms with Gasteiger partial charge in [-0.2, -0.15) is 25.2 Å². The van der Waals surface area contributed by atoms with Crippen molar-refractivity contribution in [2.45, 2.75) is 13.8 Å². The lowest BCUT2D eigenvalue weighted by Gasteiger charge is -2.09. The van der Waals surface area contributed by atoms with Crippen LogP contribution in [0.2, 0.25) is 0 Å². The van der Waals surface area contributed by atoms with Gasteiger partial charge in [-0.15, -0.1) is 0 Å². The van der Waals surface area contributed by atoms with Crippen molar-refractivity contribution >= 4 is 39.7 Å². The van der Waals surface area contributed by atoms with Gasteiger partial charge < -0.3 is 5.32 Å². The summed E-state index contributed by atoms with van der Waals surface area (Å²) in [6.07, 6.45) is 1.70. The second-order valence-electron chi connectivity index (χ2n) is 6.54. The molecule has 2 heterocycles. The molecule has 0 atom stereocenters. The van der Waals surface area contributed by atoms with E-state index in [-0.39, 0.29) is 0 Å². The topological polar surface area (TPSA) is 92.9 Å². The van der Waals surface area contributed by atoms with E-state index in [1.165, 1.54) is 0 Å². The lowest BCUT2D eigenvalue weighted by Crippen LogP contribution is -2.11. The number of hydrogen-bond acceptors (Lipinski definition) is 7. The number of aryl methyl sites for hydroxylation is 2. The first-order valence-electron chi connectivity index (χ1n) is 9.23. The van der Waals surface area contributed by atoms with Crippen molar-refractivity contribution in [3.05, 3.63) is 82.1 Å². The summed E-state index contributed by atoms with van der Waals surface area (Å²) >= 11 is 3.45. The van der Waals surface area contributed by atoms with Gasteiger partial charge >= 0.3 is 0 Å². The number of rotatable bonds is 6. The van der Waals surface area contributed by atoms with Gasteiger partial charge in [0.25, 0.3) is 5.95 Å². The highest BCUT2D eigenvalue weighted by Gasteiger charge is 2.12. The van der Waals surface area contributed by atoms with Crippen molar-refractivity contribution in [2.24, 2.45) is 5.10 Å². The zero-order chi connectivity index (χ0) is 20.9. The van der Waals surface area contributed by atoms with Crippen LogP contribution in [0.1, 0.15) is 17.0 Å². The highest BCUT2D eigenvalue weighted by atomic mass is 79.9. The minimum Gasteiger partial charge on any atom is -0.324 e. The Kier molecular flexibility index (Phi) is 5.80. The van der Waals surface area contributed by atoms with Crippen LogP contribution in [0.3, 0.4) is 0 Å². The van der Waals surface area contributed by atoms with Crippen LogP contribution in [0.5, 0.6) is 0 Å². The zero-order valence-corrected chi connectivity index (χ0v) is 18.0. The molecule has 0 radical (unpaired) electrons. The summed E-state index contributed by atoms with van der Waals surface area (Å²) in [6, 6.07) is 19.5. The van der Waals surface area contributed by atoms with Crippen LogP contribution in [0.4, 0.5) is 17.6 Å². The fraction of sp³-hybridized carbons (Fsp3) is 0.0952. The molecule has 0 amide bonds. The van der Waals surface area contributed by atoms with Gasteiger partial charge in [-0.1, -0.05) is 46.3 Å². The maximum absolute atomic E-state index is 4.52. The Labute approximate surface area is 182 Å². The third-order valence-corrected chi connectivity index (χ3v) is 4.57. The Bertz CT molecular complexity index is 1190. The fourth-order valence-corrected chi connectivity index (χ4v) is 3.22. The first kappa shape index (κ1) is 19.7. The maximum Gasteiger partial charge on any atom is 0.257 e. The van der Waals surface area contributed by atoms with Crippen LogP contribution in [0, 0.1) is 13.8 Å². The maximum atomic E-state index is 4.52. The Hall–Kier alpha value is -3.59. The number of para-hydroxylation sites is 1. The number of anilines is 3. The smallest absolute Gasteiger partial charge is 0.257 e. The van der Waals surface area contributed by atoms with Crippen molar-refractivity contribution in [1.82, 2.24) is 24.7 Å². The van der Waals surface area contributed by atoms with Crippen LogP contribution in [-0.2, 0) is 0 Å². The molecule has 2 aromatic carbocycles. The molecule has 0 saturated carbocycles. The first-order valence-corrected chi connectivity index (χ1v) is 10.0. The molecule has 4 aromatic rings. The van der Waals surface area contributed by atoms with E-state index >= 15 is 0 Å². The minimum atomic E-state index is 0.303. The third kappa shape index (κ3) is 4.87. The van der Waals surface area contributed by atoms with Crippen molar-refractivity contribution < 1.29 is 0 Å². The van der Waals surface area contributed by atoms with Gasteiger partial charge in [0, 0.05) is 15.9 Å². The highest BCUT2D eigenvalue weighted by molar-refractivity contribution is 9.10. The molecule has 30 heavy (non-hydrogen) atoms. The average molecular weight is 463 g/mol. The van der Waals surface area contributed by atoms with Gasteiger partial charge in [-0.25, -0.2) is 10.1 Å².